The van der Waals surface area contributed by atoms with Gasteiger partial charge in [-0.25, -0.2) is 4.98 Å². The number of rotatable bonds is 4. The highest BCUT2D eigenvalue weighted by Gasteiger charge is 2.12. The van der Waals surface area contributed by atoms with Crippen molar-refractivity contribution >= 4 is 17.4 Å². The molecule has 4 N–H and O–H groups in total. The van der Waals surface area contributed by atoms with Crippen molar-refractivity contribution in [2.75, 3.05) is 17.7 Å². The zero-order chi connectivity index (χ0) is 14.0. The van der Waals surface area contributed by atoms with Gasteiger partial charge in [0.05, 0.1) is 23.7 Å². The van der Waals surface area contributed by atoms with Gasteiger partial charge >= 0.3 is 0 Å². The van der Waals surface area contributed by atoms with Crippen molar-refractivity contribution in [2.45, 2.75) is 13.5 Å². The lowest BCUT2D eigenvalue weighted by Crippen LogP contribution is -2.20. The number of hydrogen-bond donors (Lipinski definition) is 2. The third-order valence-corrected chi connectivity index (χ3v) is 2.95. The summed E-state index contributed by atoms with van der Waals surface area (Å²) in [6.45, 7) is 2.52. The van der Waals surface area contributed by atoms with Gasteiger partial charge in [0.25, 0.3) is 5.91 Å². The molecule has 0 bridgehead atoms. The lowest BCUT2D eigenvalue weighted by atomic mass is 10.2. The monoisotopic (exact) mass is 260 g/mol. The van der Waals surface area contributed by atoms with Crippen LogP contribution >= 0.6 is 0 Å². The Morgan fingerprint density at radius 3 is 2.84 bits per heavy atom. The number of nitrogens with two attached hydrogens (primary N) is 2. The number of carbonyl (C=O) groups excluding carboxylic acids is 1. The molecule has 19 heavy (non-hydrogen) atoms. The van der Waals surface area contributed by atoms with Crippen LogP contribution in [0.2, 0.25) is 0 Å². The van der Waals surface area contributed by atoms with Gasteiger partial charge in [-0.15, -0.1) is 0 Å². The molecule has 6 nitrogen and oxygen atoms in total. The molecule has 2 heterocycles. The molecule has 100 valence electrons. The van der Waals surface area contributed by atoms with Crippen LogP contribution in [0, 0.1) is 6.92 Å². The van der Waals surface area contributed by atoms with Crippen molar-refractivity contribution in [3.05, 3.63) is 41.5 Å². The minimum absolute atomic E-state index is 0.278. The van der Waals surface area contributed by atoms with Crippen LogP contribution < -0.4 is 16.4 Å². The summed E-state index contributed by atoms with van der Waals surface area (Å²) in [6, 6.07) is 3.49. The third-order valence-electron chi connectivity index (χ3n) is 2.95. The van der Waals surface area contributed by atoms with E-state index in [0.29, 0.717) is 12.4 Å². The van der Waals surface area contributed by atoms with Crippen LogP contribution in [-0.2, 0) is 6.54 Å². The van der Waals surface area contributed by atoms with E-state index in [9.17, 15) is 4.79 Å². The van der Waals surface area contributed by atoms with Crippen LogP contribution in [0.5, 0.6) is 0 Å². The maximum absolute atomic E-state index is 11.2. The molecule has 0 unspecified atom stereocenters. The predicted molar refractivity (Wildman–Crippen MR) is 72.7 cm³/mol. The number of aromatic nitrogens is 1. The number of aryl methyl sites for hydroxylation is 1. The summed E-state index contributed by atoms with van der Waals surface area (Å²) in [6.07, 6.45) is 3.08. The number of primary amides is 1. The first kappa shape index (κ1) is 12.9. The molecule has 0 spiro atoms. The molecule has 0 radical (unpaired) electrons. The summed E-state index contributed by atoms with van der Waals surface area (Å²) >= 11 is 0. The SMILES string of the molecule is Cc1occc1CN(C)c1cc(C(N)=O)c(N)cn1. The Hall–Kier alpha value is -2.50. The number of furan rings is 1. The van der Waals surface area contributed by atoms with Gasteiger partial charge in [0, 0.05) is 19.2 Å². The molecule has 0 aliphatic rings. The molecule has 0 aromatic carbocycles. The summed E-state index contributed by atoms with van der Waals surface area (Å²) in [7, 11) is 1.87. The molecule has 2 aromatic rings. The van der Waals surface area contributed by atoms with Crippen molar-refractivity contribution in [3.8, 4) is 0 Å². The molecule has 0 fully saturated rings. The normalized spacial score (nSPS) is 10.4. The van der Waals surface area contributed by atoms with E-state index in [4.69, 9.17) is 15.9 Å². The van der Waals surface area contributed by atoms with Crippen LogP contribution in [0.4, 0.5) is 11.5 Å². The van der Waals surface area contributed by atoms with Crippen LogP contribution in [0.1, 0.15) is 21.7 Å². The van der Waals surface area contributed by atoms with Crippen molar-refractivity contribution in [2.24, 2.45) is 5.73 Å². The highest BCUT2D eigenvalue weighted by molar-refractivity contribution is 5.98. The first-order valence-corrected chi connectivity index (χ1v) is 5.78. The minimum atomic E-state index is -0.561. The molecule has 0 aliphatic heterocycles. The van der Waals surface area contributed by atoms with E-state index in [0.717, 1.165) is 11.3 Å². The second-order valence-electron chi connectivity index (χ2n) is 4.35. The summed E-state index contributed by atoms with van der Waals surface area (Å²) in [5, 5.41) is 0. The van der Waals surface area contributed by atoms with Crippen LogP contribution in [0.15, 0.2) is 29.0 Å². The van der Waals surface area contributed by atoms with E-state index in [1.807, 2.05) is 24.9 Å². The van der Waals surface area contributed by atoms with Crippen molar-refractivity contribution < 1.29 is 9.21 Å². The fourth-order valence-corrected chi connectivity index (χ4v) is 1.79. The number of amides is 1. The summed E-state index contributed by atoms with van der Waals surface area (Å²) in [5.41, 5.74) is 12.5. The fraction of sp³-hybridized carbons (Fsp3) is 0.231. The van der Waals surface area contributed by atoms with E-state index in [1.54, 1.807) is 12.3 Å². The lowest BCUT2D eigenvalue weighted by molar-refractivity contribution is 0.100. The third kappa shape index (κ3) is 2.67. The first-order chi connectivity index (χ1) is 8.99. The second kappa shape index (κ2) is 5.01. The molecular formula is C13H16N4O2. The number of nitrogens with zero attached hydrogens (tertiary/aromatic N) is 2. The topological polar surface area (TPSA) is 98.4 Å². The Morgan fingerprint density at radius 1 is 1.53 bits per heavy atom. The van der Waals surface area contributed by atoms with Gasteiger partial charge in [-0.3, -0.25) is 4.79 Å². The zero-order valence-electron chi connectivity index (χ0n) is 10.9. The van der Waals surface area contributed by atoms with Crippen LogP contribution in [0.25, 0.3) is 0 Å². The van der Waals surface area contributed by atoms with Gasteiger partial charge in [0.15, 0.2) is 0 Å². The Labute approximate surface area is 111 Å². The molecule has 0 saturated carbocycles. The molecular weight excluding hydrogens is 244 g/mol. The van der Waals surface area contributed by atoms with Gasteiger partial charge in [-0.2, -0.15) is 0 Å². The Morgan fingerprint density at radius 2 is 2.26 bits per heavy atom. The number of hydrogen-bond acceptors (Lipinski definition) is 5. The Bertz CT molecular complexity index is 606. The first-order valence-electron chi connectivity index (χ1n) is 5.78. The summed E-state index contributed by atoms with van der Waals surface area (Å²) in [5.74, 6) is 0.926. The van der Waals surface area contributed by atoms with E-state index in [-0.39, 0.29) is 11.3 Å². The predicted octanol–water partition coefficient (Wildman–Crippen LogP) is 1.30. The maximum atomic E-state index is 11.2. The number of carbonyl (C=O) groups is 1. The highest BCUT2D eigenvalue weighted by Crippen LogP contribution is 2.19. The molecule has 0 saturated heterocycles. The molecule has 0 aliphatic carbocycles. The Balaban J connectivity index is 2.24. The van der Waals surface area contributed by atoms with E-state index in [2.05, 4.69) is 4.98 Å². The number of pyridine rings is 1. The molecule has 2 aromatic heterocycles. The van der Waals surface area contributed by atoms with E-state index >= 15 is 0 Å². The van der Waals surface area contributed by atoms with Gasteiger partial charge < -0.3 is 20.8 Å². The van der Waals surface area contributed by atoms with Crippen molar-refractivity contribution in [3.63, 3.8) is 0 Å². The molecule has 1 amide bonds. The summed E-state index contributed by atoms with van der Waals surface area (Å²) < 4.78 is 5.24. The van der Waals surface area contributed by atoms with Crippen LogP contribution in [0.3, 0.4) is 0 Å². The quantitative estimate of drug-likeness (QED) is 0.863. The number of anilines is 2. The molecule has 0 atom stereocenters. The lowest BCUT2D eigenvalue weighted by Gasteiger charge is -2.18. The van der Waals surface area contributed by atoms with Gasteiger partial charge in [0.1, 0.15) is 11.6 Å². The minimum Gasteiger partial charge on any atom is -0.469 e. The molecule has 2 rings (SSSR count). The van der Waals surface area contributed by atoms with Crippen molar-refractivity contribution in [1.82, 2.24) is 4.98 Å². The standard InChI is InChI=1S/C13H16N4O2/c1-8-9(3-4-19-8)7-17(2)12-5-10(13(15)18)11(14)6-16-12/h3-6H,7,14H2,1-2H3,(H2,15,18). The highest BCUT2D eigenvalue weighted by atomic mass is 16.3. The van der Waals surface area contributed by atoms with Gasteiger partial charge in [-0.05, 0) is 19.1 Å². The smallest absolute Gasteiger partial charge is 0.250 e. The van der Waals surface area contributed by atoms with E-state index in [1.165, 1.54) is 6.20 Å². The van der Waals surface area contributed by atoms with E-state index < -0.39 is 5.91 Å². The number of nitrogen functional groups attached to an aromatic ring is 1. The maximum Gasteiger partial charge on any atom is 0.250 e. The largest absolute Gasteiger partial charge is 0.469 e. The second-order valence-corrected chi connectivity index (χ2v) is 4.35. The van der Waals surface area contributed by atoms with Gasteiger partial charge in [-0.1, -0.05) is 0 Å². The van der Waals surface area contributed by atoms with Gasteiger partial charge in [0.2, 0.25) is 0 Å². The average molecular weight is 260 g/mol. The fourth-order valence-electron chi connectivity index (χ4n) is 1.79. The average Bonchev–Trinajstić information content (AvgIpc) is 2.75. The summed E-state index contributed by atoms with van der Waals surface area (Å²) in [4.78, 5) is 17.3. The van der Waals surface area contributed by atoms with Crippen LogP contribution in [-0.4, -0.2) is 17.9 Å². The zero-order valence-corrected chi connectivity index (χ0v) is 10.9. The molecule has 6 heteroatoms. The van der Waals surface area contributed by atoms with Crippen molar-refractivity contribution in [1.29, 1.82) is 0 Å². The Kier molecular flexibility index (Phi) is 3.41.